The third-order valence-electron chi connectivity index (χ3n) is 13.4. The minimum atomic E-state index is 0. The summed E-state index contributed by atoms with van der Waals surface area (Å²) in [4.78, 5) is 25.0. The van der Waals surface area contributed by atoms with Crippen LogP contribution in [0, 0.1) is 39.0 Å². The zero-order chi connectivity index (χ0) is 49.3. The van der Waals surface area contributed by atoms with E-state index in [0.29, 0.717) is 0 Å². The van der Waals surface area contributed by atoms with E-state index >= 15 is 0 Å². The van der Waals surface area contributed by atoms with Crippen molar-refractivity contribution in [2.24, 2.45) is 0 Å². The zero-order valence-electron chi connectivity index (χ0n) is 40.8. The Bertz CT molecular complexity index is 3790. The van der Waals surface area contributed by atoms with Crippen molar-refractivity contribution < 1.29 is 20.1 Å². The predicted molar refractivity (Wildman–Crippen MR) is 294 cm³/mol. The minimum Gasteiger partial charge on any atom is -0.304 e. The standard InChI is InChI=1S/C66H46N7.Ir/c1-44-34-62(53-23-15-22-52(37-53)49-28-26-48(27-29-49)47-16-7-4-8-17-47)69-41-59(44)58-25-14-13-24-57(58)54-38-55(65-67-30-32-72(65)63-42-70-60(35-45(63)2)50-18-9-5-10-19-50)40-56(39-54)66-68-31-33-73(66)64-43-71-61(36-46(64)3)51-20-11-6-12-21-51;/h4-18,20,22,24-43H,1-3H3;/q-3;+3. The van der Waals surface area contributed by atoms with E-state index in [1.165, 1.54) is 11.1 Å². The van der Waals surface area contributed by atoms with Crippen LogP contribution in [0.5, 0.6) is 0 Å². The van der Waals surface area contributed by atoms with E-state index in [1.54, 1.807) is 0 Å². The van der Waals surface area contributed by atoms with Gasteiger partial charge in [-0.2, -0.15) is 0 Å². The molecule has 0 aliphatic carbocycles. The summed E-state index contributed by atoms with van der Waals surface area (Å²) in [6.07, 6.45) is 13.5. The van der Waals surface area contributed by atoms with Gasteiger partial charge in [-0.25, -0.2) is 9.97 Å². The van der Waals surface area contributed by atoms with Crippen LogP contribution in [-0.4, -0.2) is 34.1 Å². The SMILES string of the molecule is Cc1cc(-c2[c-]ccc(-c3ccc(-c4ccccc4)cc3)c2)ncc1-c1ccccc1-c1cc(-c2nccn2-c2cnc(-c3[c-]cccc3)cc2C)cc(-c2nccn2-c2cnc(-c3[c-]cccc3)cc2C)c1.[Ir+3]. The Morgan fingerprint density at radius 1 is 0.338 bits per heavy atom. The summed E-state index contributed by atoms with van der Waals surface area (Å²) in [5, 5.41) is 0. The Balaban J connectivity index is 0.00000588. The maximum atomic E-state index is 5.11. The molecule has 0 unspecified atom stereocenters. The summed E-state index contributed by atoms with van der Waals surface area (Å²) in [5.41, 5.74) is 21.2. The second kappa shape index (κ2) is 20.7. The van der Waals surface area contributed by atoms with E-state index in [2.05, 4.69) is 169 Å². The maximum Gasteiger partial charge on any atom is 3.00 e. The van der Waals surface area contributed by atoms with Gasteiger partial charge in [-0.05, 0) is 106 Å². The molecule has 7 nitrogen and oxygen atoms in total. The molecular formula is C66H46IrN7. The minimum absolute atomic E-state index is 0. The van der Waals surface area contributed by atoms with E-state index in [9.17, 15) is 0 Å². The normalized spacial score (nSPS) is 11.1. The fourth-order valence-electron chi connectivity index (χ4n) is 9.70. The molecule has 5 aromatic heterocycles. The van der Waals surface area contributed by atoms with Crippen molar-refractivity contribution in [2.45, 2.75) is 20.8 Å². The first-order valence-corrected chi connectivity index (χ1v) is 24.3. The molecule has 0 bridgehead atoms. The molecule has 7 aromatic carbocycles. The molecule has 0 saturated heterocycles. The third-order valence-corrected chi connectivity index (χ3v) is 13.4. The van der Waals surface area contributed by atoms with Crippen LogP contribution >= 0.6 is 0 Å². The van der Waals surface area contributed by atoms with Gasteiger partial charge in [0.2, 0.25) is 0 Å². The van der Waals surface area contributed by atoms with Gasteiger partial charge in [0.05, 0.1) is 11.4 Å². The molecule has 354 valence electrons. The van der Waals surface area contributed by atoms with Crippen LogP contribution in [0.2, 0.25) is 0 Å². The number of rotatable bonds is 11. The fourth-order valence-corrected chi connectivity index (χ4v) is 9.70. The first kappa shape index (κ1) is 47.4. The fraction of sp³-hybridized carbons (Fsp3) is 0.0455. The number of pyridine rings is 3. The van der Waals surface area contributed by atoms with Gasteiger partial charge in [0.25, 0.3) is 0 Å². The molecule has 0 fully saturated rings. The van der Waals surface area contributed by atoms with Crippen molar-refractivity contribution in [3.8, 4) is 112 Å². The van der Waals surface area contributed by atoms with Crippen molar-refractivity contribution in [3.63, 3.8) is 0 Å². The molecule has 0 atom stereocenters. The van der Waals surface area contributed by atoms with Crippen LogP contribution in [0.4, 0.5) is 0 Å². The number of hydrogen-bond acceptors (Lipinski definition) is 5. The molecule has 0 aliphatic heterocycles. The number of imidazole rings is 2. The Kier molecular flexibility index (Phi) is 13.2. The summed E-state index contributed by atoms with van der Waals surface area (Å²) >= 11 is 0. The third kappa shape index (κ3) is 9.36. The molecule has 0 radical (unpaired) electrons. The Labute approximate surface area is 445 Å². The number of benzene rings is 7. The van der Waals surface area contributed by atoms with Gasteiger partial charge in [-0.1, -0.05) is 97.1 Å². The van der Waals surface area contributed by atoms with Crippen molar-refractivity contribution in [1.29, 1.82) is 0 Å². The summed E-state index contributed by atoms with van der Waals surface area (Å²) in [6, 6.07) is 73.0. The van der Waals surface area contributed by atoms with Crippen LogP contribution in [0.3, 0.4) is 0 Å². The first-order valence-electron chi connectivity index (χ1n) is 24.3. The van der Waals surface area contributed by atoms with Crippen molar-refractivity contribution in [2.75, 3.05) is 0 Å². The molecular weight excluding hydrogens is 1080 g/mol. The van der Waals surface area contributed by atoms with Gasteiger partial charge in [0.1, 0.15) is 11.6 Å². The molecule has 0 amide bonds. The molecule has 12 aromatic rings. The summed E-state index contributed by atoms with van der Waals surface area (Å²) in [6.45, 7) is 6.38. The molecule has 8 heteroatoms. The van der Waals surface area contributed by atoms with E-state index in [0.717, 1.165) is 118 Å². The number of aromatic nitrogens is 7. The van der Waals surface area contributed by atoms with Gasteiger partial charge in [0.15, 0.2) is 0 Å². The number of nitrogens with zero attached hydrogens (tertiary/aromatic N) is 7. The van der Waals surface area contributed by atoms with Gasteiger partial charge in [-0.3, -0.25) is 9.13 Å². The molecule has 0 aliphatic rings. The molecule has 0 N–H and O–H groups in total. The second-order valence-electron chi connectivity index (χ2n) is 18.2. The summed E-state index contributed by atoms with van der Waals surface area (Å²) in [7, 11) is 0. The first-order chi connectivity index (χ1) is 35.9. The Morgan fingerprint density at radius 2 is 0.811 bits per heavy atom. The van der Waals surface area contributed by atoms with E-state index < -0.39 is 0 Å². The predicted octanol–water partition coefficient (Wildman–Crippen LogP) is 15.6. The zero-order valence-corrected chi connectivity index (χ0v) is 43.2. The molecule has 0 spiro atoms. The van der Waals surface area contributed by atoms with Crippen LogP contribution < -0.4 is 0 Å². The van der Waals surface area contributed by atoms with Gasteiger partial charge in [0, 0.05) is 60.1 Å². The van der Waals surface area contributed by atoms with Crippen molar-refractivity contribution in [3.05, 3.63) is 260 Å². The molecule has 5 heterocycles. The van der Waals surface area contributed by atoms with Crippen LogP contribution in [0.25, 0.3) is 112 Å². The van der Waals surface area contributed by atoms with Gasteiger partial charge in [-0.15, -0.1) is 107 Å². The average Bonchev–Trinajstić information content (AvgIpc) is 4.15. The van der Waals surface area contributed by atoms with Crippen LogP contribution in [0.15, 0.2) is 225 Å². The average molecular weight is 1130 g/mol. The molecule has 74 heavy (non-hydrogen) atoms. The quantitative estimate of drug-likeness (QED) is 0.121. The molecule has 0 saturated carbocycles. The van der Waals surface area contributed by atoms with Crippen LogP contribution in [-0.2, 0) is 20.1 Å². The van der Waals surface area contributed by atoms with E-state index in [1.807, 2.05) is 104 Å². The molecule has 12 rings (SSSR count). The summed E-state index contributed by atoms with van der Waals surface area (Å²) in [5.74, 6) is 1.55. The smallest absolute Gasteiger partial charge is 0.304 e. The monoisotopic (exact) mass is 1130 g/mol. The van der Waals surface area contributed by atoms with E-state index in [4.69, 9.17) is 24.9 Å². The maximum absolute atomic E-state index is 5.11. The topological polar surface area (TPSA) is 74.3 Å². The van der Waals surface area contributed by atoms with Crippen molar-refractivity contribution >= 4 is 0 Å². The Morgan fingerprint density at radius 3 is 1.36 bits per heavy atom. The van der Waals surface area contributed by atoms with Gasteiger partial charge >= 0.3 is 20.1 Å². The van der Waals surface area contributed by atoms with Crippen molar-refractivity contribution in [1.82, 2.24) is 34.1 Å². The largest absolute Gasteiger partial charge is 3.00 e. The van der Waals surface area contributed by atoms with Gasteiger partial charge < -0.3 is 15.0 Å². The van der Waals surface area contributed by atoms with Crippen LogP contribution in [0.1, 0.15) is 16.7 Å². The number of hydrogen-bond donors (Lipinski definition) is 0. The van der Waals surface area contributed by atoms with E-state index in [-0.39, 0.29) is 20.1 Å². The Hall–Kier alpha value is -8.94. The summed E-state index contributed by atoms with van der Waals surface area (Å²) < 4.78 is 4.24. The second-order valence-corrected chi connectivity index (χ2v) is 18.2. The number of aryl methyl sites for hydroxylation is 3.